The van der Waals surface area contributed by atoms with Crippen LogP contribution in [-0.2, 0) is 11.3 Å². The lowest BCUT2D eigenvalue weighted by Gasteiger charge is -2.19. The van der Waals surface area contributed by atoms with E-state index in [2.05, 4.69) is 26.5 Å². The second-order valence-corrected chi connectivity index (χ2v) is 6.11. The molecule has 124 valence electrons. The maximum absolute atomic E-state index is 11.7. The van der Waals surface area contributed by atoms with E-state index in [-0.39, 0.29) is 0 Å². The summed E-state index contributed by atoms with van der Waals surface area (Å²) in [4.78, 5) is 19.9. The van der Waals surface area contributed by atoms with E-state index >= 15 is 0 Å². The number of carbonyl (C=O) groups excluding carboxylic acids is 1. The van der Waals surface area contributed by atoms with E-state index in [4.69, 9.17) is 11.2 Å². The SMILES string of the molecule is C#Cc1cnc(NCc2ccc(NC(=O)OC(C)(C)C)cc2)cn1. The highest BCUT2D eigenvalue weighted by molar-refractivity contribution is 5.84. The minimum absolute atomic E-state index is 0.475. The molecule has 2 aromatic rings. The van der Waals surface area contributed by atoms with Gasteiger partial charge in [0.15, 0.2) is 0 Å². The highest BCUT2D eigenvalue weighted by atomic mass is 16.6. The summed E-state index contributed by atoms with van der Waals surface area (Å²) >= 11 is 0. The predicted octanol–water partition coefficient (Wildman–Crippen LogP) is 3.42. The highest BCUT2D eigenvalue weighted by Gasteiger charge is 2.15. The Labute approximate surface area is 141 Å². The van der Waals surface area contributed by atoms with E-state index in [1.165, 1.54) is 6.20 Å². The zero-order valence-electron chi connectivity index (χ0n) is 14.0. The van der Waals surface area contributed by atoms with Gasteiger partial charge < -0.3 is 10.1 Å². The molecule has 1 heterocycles. The van der Waals surface area contributed by atoms with Crippen molar-refractivity contribution < 1.29 is 9.53 Å². The number of rotatable bonds is 4. The Morgan fingerprint density at radius 2 is 1.92 bits per heavy atom. The van der Waals surface area contributed by atoms with Crippen LogP contribution in [0.1, 0.15) is 32.0 Å². The van der Waals surface area contributed by atoms with Gasteiger partial charge in [0, 0.05) is 12.2 Å². The summed E-state index contributed by atoms with van der Waals surface area (Å²) < 4.78 is 5.20. The molecule has 2 N–H and O–H groups in total. The van der Waals surface area contributed by atoms with Crippen molar-refractivity contribution >= 4 is 17.6 Å². The molecule has 0 spiro atoms. The maximum atomic E-state index is 11.7. The molecule has 0 aliphatic carbocycles. The molecule has 0 unspecified atom stereocenters. The van der Waals surface area contributed by atoms with Crippen LogP contribution in [0.4, 0.5) is 16.3 Å². The van der Waals surface area contributed by atoms with E-state index in [0.29, 0.717) is 23.7 Å². The number of amides is 1. The summed E-state index contributed by atoms with van der Waals surface area (Å²) in [6.45, 7) is 6.04. The first-order chi connectivity index (χ1) is 11.4. The minimum atomic E-state index is -0.524. The Balaban J connectivity index is 1.87. The summed E-state index contributed by atoms with van der Waals surface area (Å²) in [6.07, 6.45) is 7.89. The summed E-state index contributed by atoms with van der Waals surface area (Å²) in [5, 5.41) is 5.84. The number of carbonyl (C=O) groups is 1. The Hall–Kier alpha value is -3.07. The van der Waals surface area contributed by atoms with Crippen molar-refractivity contribution in [2.24, 2.45) is 0 Å². The van der Waals surface area contributed by atoms with Gasteiger partial charge in [-0.1, -0.05) is 12.1 Å². The summed E-state index contributed by atoms with van der Waals surface area (Å²) in [6, 6.07) is 7.44. The van der Waals surface area contributed by atoms with Crippen LogP contribution in [0, 0.1) is 12.3 Å². The standard InChI is InChI=1S/C18H20N4O2/c1-5-14-11-21-16(12-19-14)20-10-13-6-8-15(9-7-13)22-17(23)24-18(2,3)4/h1,6-9,11-12H,10H2,2-4H3,(H,20,21)(H,22,23). The molecule has 0 radical (unpaired) electrons. The molecule has 0 fully saturated rings. The number of hydrogen-bond acceptors (Lipinski definition) is 5. The summed E-state index contributed by atoms with van der Waals surface area (Å²) in [5.74, 6) is 3.06. The molecule has 0 bridgehead atoms. The van der Waals surface area contributed by atoms with Gasteiger partial charge in [-0.3, -0.25) is 5.32 Å². The average molecular weight is 324 g/mol. The molecule has 0 aliphatic heterocycles. The summed E-state index contributed by atoms with van der Waals surface area (Å²) in [7, 11) is 0. The molecule has 0 aliphatic rings. The van der Waals surface area contributed by atoms with E-state index in [9.17, 15) is 4.79 Å². The van der Waals surface area contributed by atoms with Crippen molar-refractivity contribution in [2.45, 2.75) is 32.9 Å². The van der Waals surface area contributed by atoms with Crippen LogP contribution in [0.5, 0.6) is 0 Å². The van der Waals surface area contributed by atoms with Gasteiger partial charge in [0.05, 0.1) is 12.4 Å². The van der Waals surface area contributed by atoms with Crippen LogP contribution < -0.4 is 10.6 Å². The molecule has 6 nitrogen and oxygen atoms in total. The maximum Gasteiger partial charge on any atom is 0.412 e. The number of nitrogens with one attached hydrogen (secondary N) is 2. The number of anilines is 2. The fourth-order valence-electron chi connectivity index (χ4n) is 1.81. The first kappa shape index (κ1) is 17.3. The second kappa shape index (κ2) is 7.47. The van der Waals surface area contributed by atoms with Gasteiger partial charge in [0.25, 0.3) is 0 Å². The third-order valence-electron chi connectivity index (χ3n) is 2.87. The van der Waals surface area contributed by atoms with Gasteiger partial charge in [0.2, 0.25) is 0 Å². The Morgan fingerprint density at radius 3 is 2.46 bits per heavy atom. The van der Waals surface area contributed by atoms with Crippen LogP contribution in [0.15, 0.2) is 36.7 Å². The van der Waals surface area contributed by atoms with Crippen molar-refractivity contribution in [2.75, 3.05) is 10.6 Å². The normalized spacial score (nSPS) is 10.6. The predicted molar refractivity (Wildman–Crippen MR) is 93.6 cm³/mol. The van der Waals surface area contributed by atoms with Crippen LogP contribution in [0.2, 0.25) is 0 Å². The van der Waals surface area contributed by atoms with Crippen LogP contribution in [-0.4, -0.2) is 21.7 Å². The van der Waals surface area contributed by atoms with Crippen molar-refractivity contribution in [1.82, 2.24) is 9.97 Å². The third kappa shape index (κ3) is 5.61. The van der Waals surface area contributed by atoms with Gasteiger partial charge in [-0.15, -0.1) is 6.42 Å². The van der Waals surface area contributed by atoms with Gasteiger partial charge in [0.1, 0.15) is 17.1 Å². The Bertz CT molecular complexity index is 726. The van der Waals surface area contributed by atoms with Gasteiger partial charge >= 0.3 is 6.09 Å². The topological polar surface area (TPSA) is 76.1 Å². The third-order valence-corrected chi connectivity index (χ3v) is 2.87. The fraction of sp³-hybridized carbons (Fsp3) is 0.278. The molecular weight excluding hydrogens is 304 g/mol. The van der Waals surface area contributed by atoms with Crippen molar-refractivity contribution in [3.05, 3.63) is 47.9 Å². The van der Waals surface area contributed by atoms with E-state index in [1.54, 1.807) is 6.20 Å². The lowest BCUT2D eigenvalue weighted by Crippen LogP contribution is -2.27. The number of nitrogens with zero attached hydrogens (tertiary/aromatic N) is 2. The molecule has 1 aromatic heterocycles. The first-order valence-electron chi connectivity index (χ1n) is 7.47. The van der Waals surface area contributed by atoms with Crippen LogP contribution >= 0.6 is 0 Å². The highest BCUT2D eigenvalue weighted by Crippen LogP contribution is 2.13. The van der Waals surface area contributed by atoms with E-state index < -0.39 is 11.7 Å². The van der Waals surface area contributed by atoms with Gasteiger partial charge in [-0.2, -0.15) is 0 Å². The van der Waals surface area contributed by atoms with Crippen molar-refractivity contribution in [3.8, 4) is 12.3 Å². The number of benzene rings is 1. The molecule has 2 rings (SSSR count). The van der Waals surface area contributed by atoms with E-state index in [0.717, 1.165) is 5.56 Å². The number of aromatic nitrogens is 2. The van der Waals surface area contributed by atoms with E-state index in [1.807, 2.05) is 45.0 Å². The van der Waals surface area contributed by atoms with Crippen molar-refractivity contribution in [3.63, 3.8) is 0 Å². The second-order valence-electron chi connectivity index (χ2n) is 6.11. The van der Waals surface area contributed by atoms with Gasteiger partial charge in [-0.05, 0) is 44.4 Å². The molecule has 6 heteroatoms. The van der Waals surface area contributed by atoms with Crippen LogP contribution in [0.25, 0.3) is 0 Å². The van der Waals surface area contributed by atoms with Crippen LogP contribution in [0.3, 0.4) is 0 Å². The molecular formula is C18H20N4O2. The van der Waals surface area contributed by atoms with Gasteiger partial charge in [-0.25, -0.2) is 14.8 Å². The monoisotopic (exact) mass is 324 g/mol. The first-order valence-corrected chi connectivity index (χ1v) is 7.47. The molecule has 24 heavy (non-hydrogen) atoms. The lowest BCUT2D eigenvalue weighted by molar-refractivity contribution is 0.0636. The Kier molecular flexibility index (Phi) is 5.38. The molecule has 0 atom stereocenters. The number of hydrogen-bond donors (Lipinski definition) is 2. The average Bonchev–Trinajstić information content (AvgIpc) is 2.53. The molecule has 0 saturated heterocycles. The number of ether oxygens (including phenoxy) is 1. The Morgan fingerprint density at radius 1 is 1.21 bits per heavy atom. The zero-order chi connectivity index (χ0) is 17.6. The summed E-state index contributed by atoms with van der Waals surface area (Å²) in [5.41, 5.74) is 1.68. The minimum Gasteiger partial charge on any atom is -0.444 e. The molecule has 1 aromatic carbocycles. The largest absolute Gasteiger partial charge is 0.444 e. The smallest absolute Gasteiger partial charge is 0.412 e. The molecule has 0 saturated carbocycles. The fourth-order valence-corrected chi connectivity index (χ4v) is 1.81. The quantitative estimate of drug-likeness (QED) is 0.843. The van der Waals surface area contributed by atoms with Crippen molar-refractivity contribution in [1.29, 1.82) is 0 Å². The lowest BCUT2D eigenvalue weighted by atomic mass is 10.2. The molecule has 1 amide bonds. The number of terminal acetylenes is 1. The zero-order valence-corrected chi connectivity index (χ0v) is 14.0.